The normalized spacial score (nSPS) is 11.9. The Morgan fingerprint density at radius 2 is 0.912 bits per heavy atom. The van der Waals surface area contributed by atoms with Gasteiger partial charge in [-0.15, -0.1) is 0 Å². The molecule has 2 unspecified atom stereocenters. The van der Waals surface area contributed by atoms with Gasteiger partial charge in [-0.05, 0) is 6.92 Å². The van der Waals surface area contributed by atoms with Gasteiger partial charge in [-0.3, -0.25) is 14.4 Å². The van der Waals surface area contributed by atoms with Crippen molar-refractivity contribution in [1.29, 1.82) is 0 Å². The van der Waals surface area contributed by atoms with Gasteiger partial charge in [0, 0.05) is 12.4 Å². The molecule has 0 aliphatic rings. The molecule has 19 heteroatoms. The van der Waals surface area contributed by atoms with Crippen LogP contribution in [-0.4, -0.2) is 106 Å². The van der Waals surface area contributed by atoms with Crippen LogP contribution >= 0.6 is 0 Å². The van der Waals surface area contributed by atoms with Crippen LogP contribution in [0.15, 0.2) is 0 Å². The van der Waals surface area contributed by atoms with E-state index in [0.29, 0.717) is 0 Å². The topological polar surface area (TPSA) is 308 Å². The molecule has 16 nitrogen and oxygen atoms in total. The van der Waals surface area contributed by atoms with Crippen LogP contribution in [0.1, 0.15) is 32.6 Å². The van der Waals surface area contributed by atoms with Crippen LogP contribution in [-0.2, 0) is 28.8 Å². The molecule has 9 N–H and O–H groups in total. The molecule has 0 aliphatic heterocycles. The third kappa shape index (κ3) is 25.6. The van der Waals surface area contributed by atoms with Gasteiger partial charge in [-0.1, -0.05) is 0 Å². The van der Waals surface area contributed by atoms with Gasteiger partial charge in [0.1, 0.15) is 0 Å². The zero-order valence-corrected chi connectivity index (χ0v) is 23.1. The summed E-state index contributed by atoms with van der Waals surface area (Å²) in [6.45, 7) is 1.39. The fraction of sp³-hybridized carbons (Fsp3) is 0.600. The first kappa shape index (κ1) is 46.3. The van der Waals surface area contributed by atoms with Gasteiger partial charge in [0.15, 0.2) is 11.2 Å². The van der Waals surface area contributed by atoms with Crippen LogP contribution < -0.4 is 76.6 Å². The average molecular weight is 541 g/mol. The maximum atomic E-state index is 10.3. The predicted octanol–water partition coefficient (Wildman–Crippen LogP) is -13.5. The van der Waals surface area contributed by atoms with Crippen molar-refractivity contribution in [3.8, 4) is 0 Å². The van der Waals surface area contributed by atoms with Gasteiger partial charge in [0.05, 0.1) is 32.0 Å². The smallest absolute Gasteiger partial charge is 1.00 e. The average Bonchev–Trinajstić information content (AvgIpc) is 2.52. The molecule has 0 aromatic carbocycles. The number of hydrogen-bond donors (Lipinski definition) is 9. The summed E-state index contributed by atoms with van der Waals surface area (Å²) in [7, 11) is 0. The van der Waals surface area contributed by atoms with E-state index in [1.165, 1.54) is 6.92 Å². The number of carboxylic acids is 6. The van der Waals surface area contributed by atoms with Crippen molar-refractivity contribution in [2.24, 2.45) is 0 Å². The second-order valence-corrected chi connectivity index (χ2v) is 5.97. The summed E-state index contributed by atoms with van der Waals surface area (Å²) >= 11 is 0. The maximum Gasteiger partial charge on any atom is 1.00 e. The van der Waals surface area contributed by atoms with E-state index in [-0.39, 0.29) is 78.1 Å². The first-order chi connectivity index (χ1) is 13.8. The van der Waals surface area contributed by atoms with Crippen LogP contribution in [0.2, 0.25) is 0 Å². The summed E-state index contributed by atoms with van der Waals surface area (Å²) in [5.41, 5.74) is -5.54. The SMILES string of the molecule is CC(O)CO.O=C(O)CC(O)(CC(=O)O)C(=O)O.O=C([O-])CC(O)(CC(=O)O)C(=O)O.[Cl-].[Na+].[Na+]. The Labute approximate surface area is 242 Å². The van der Waals surface area contributed by atoms with Gasteiger partial charge >= 0.3 is 89.0 Å². The van der Waals surface area contributed by atoms with E-state index in [2.05, 4.69) is 0 Å². The number of aliphatic hydroxyl groups is 4. The van der Waals surface area contributed by atoms with Crippen LogP contribution in [0.5, 0.6) is 0 Å². The molecule has 188 valence electrons. The molecule has 34 heavy (non-hydrogen) atoms. The largest absolute Gasteiger partial charge is 1.00 e. The Morgan fingerprint density at radius 1 is 0.706 bits per heavy atom. The minimum Gasteiger partial charge on any atom is -1.00 e. The van der Waals surface area contributed by atoms with Crippen LogP contribution in [0.3, 0.4) is 0 Å². The second-order valence-electron chi connectivity index (χ2n) is 5.97. The number of aliphatic carboxylic acids is 6. The Kier molecular flexibility index (Phi) is 30.5. The van der Waals surface area contributed by atoms with E-state index in [4.69, 9.17) is 46.0 Å². The molecule has 0 amide bonds. The summed E-state index contributed by atoms with van der Waals surface area (Å²) in [6, 6.07) is 0. The Bertz CT molecular complexity index is 585. The summed E-state index contributed by atoms with van der Waals surface area (Å²) in [5.74, 6) is -10.4. The summed E-state index contributed by atoms with van der Waals surface area (Å²) in [5, 5.41) is 85.3. The molecule has 2 atom stereocenters. The summed E-state index contributed by atoms with van der Waals surface area (Å²) < 4.78 is 0. The Hall–Kier alpha value is -1.05. The van der Waals surface area contributed by atoms with E-state index in [1.54, 1.807) is 0 Å². The van der Waals surface area contributed by atoms with E-state index in [9.17, 15) is 33.9 Å². The predicted molar refractivity (Wildman–Crippen MR) is 90.3 cm³/mol. The van der Waals surface area contributed by atoms with Gasteiger partial charge < -0.3 is 68.3 Å². The van der Waals surface area contributed by atoms with Crippen LogP contribution in [0.25, 0.3) is 0 Å². The molecule has 0 aliphatic carbocycles. The Morgan fingerprint density at radius 3 is 1.03 bits per heavy atom. The molecule has 0 aromatic rings. The van der Waals surface area contributed by atoms with E-state index >= 15 is 0 Å². The van der Waals surface area contributed by atoms with Crippen molar-refractivity contribution in [1.82, 2.24) is 0 Å². The maximum absolute atomic E-state index is 10.3. The van der Waals surface area contributed by atoms with Gasteiger partial charge in [-0.25, -0.2) is 9.59 Å². The number of rotatable bonds is 11. The van der Waals surface area contributed by atoms with Crippen molar-refractivity contribution in [3.63, 3.8) is 0 Å². The number of carbonyl (C=O) groups excluding carboxylic acids is 1. The molecule has 0 fully saturated rings. The molecule has 0 bridgehead atoms. The molecule has 0 heterocycles. The van der Waals surface area contributed by atoms with Gasteiger partial charge in [-0.2, -0.15) is 0 Å². The quantitative estimate of drug-likeness (QED) is 0.110. The zero-order chi connectivity index (χ0) is 25.6. The number of carbonyl (C=O) groups is 6. The molecule has 0 aromatic heterocycles. The van der Waals surface area contributed by atoms with Crippen molar-refractivity contribution >= 4 is 35.8 Å². The van der Waals surface area contributed by atoms with E-state index in [0.717, 1.165) is 0 Å². The van der Waals surface area contributed by atoms with Crippen molar-refractivity contribution < 1.29 is 151 Å². The monoisotopic (exact) mass is 540 g/mol. The summed E-state index contributed by atoms with van der Waals surface area (Å²) in [4.78, 5) is 60.8. The zero-order valence-electron chi connectivity index (χ0n) is 18.4. The minimum absolute atomic E-state index is 0. The first-order valence-corrected chi connectivity index (χ1v) is 7.88. The molecular weight excluding hydrogens is 518 g/mol. The van der Waals surface area contributed by atoms with Crippen LogP contribution in [0.4, 0.5) is 0 Å². The van der Waals surface area contributed by atoms with E-state index < -0.39 is 78.8 Å². The van der Waals surface area contributed by atoms with Crippen molar-refractivity contribution in [2.75, 3.05) is 6.61 Å². The number of hydrogen-bond acceptors (Lipinski definition) is 11. The second kappa shape index (κ2) is 22.4. The minimum atomic E-state index is -2.80. The molecule has 0 saturated carbocycles. The standard InChI is InChI=1S/2C6H8O7.C3H8O2.ClH.2Na/c2*7-3(8)1-6(13,5(11)12)2-4(9)10;1-3(5)2-4;;;/h2*13H,1-2H2,(H,7,8)(H,9,10)(H,11,12);3-5H,2H2,1H3;1H;;/q;;;;2*+1/p-2. The fourth-order valence-corrected chi connectivity index (χ4v) is 1.42. The van der Waals surface area contributed by atoms with Gasteiger partial charge in [0.25, 0.3) is 0 Å². The molecule has 0 rings (SSSR count). The molecule has 0 spiro atoms. The molecular formula is C15H23ClNa2O16. The summed E-state index contributed by atoms with van der Waals surface area (Å²) in [6.07, 6.45) is -5.29. The molecule has 0 radical (unpaired) electrons. The number of aliphatic hydroxyl groups excluding tert-OH is 2. The first-order valence-electron chi connectivity index (χ1n) is 7.88. The third-order valence-corrected chi connectivity index (χ3v) is 2.83. The Balaban J connectivity index is -0.0000000897. The van der Waals surface area contributed by atoms with Crippen molar-refractivity contribution in [3.05, 3.63) is 0 Å². The van der Waals surface area contributed by atoms with E-state index in [1.807, 2.05) is 0 Å². The van der Waals surface area contributed by atoms with Gasteiger partial charge in [0.2, 0.25) is 0 Å². The van der Waals surface area contributed by atoms with Crippen molar-refractivity contribution in [2.45, 2.75) is 49.9 Å². The fourth-order valence-electron chi connectivity index (χ4n) is 1.42. The molecule has 0 saturated heterocycles. The number of halogens is 1. The van der Waals surface area contributed by atoms with Crippen LogP contribution in [0, 0.1) is 0 Å². The third-order valence-electron chi connectivity index (χ3n) is 2.83. The number of carboxylic acid groups (broad SMARTS) is 6.